The number of carbonyl (C=O) groups excluding carboxylic acids is 1. The van der Waals surface area contributed by atoms with Crippen molar-refractivity contribution in [3.05, 3.63) is 74.8 Å². The minimum absolute atomic E-state index is 0.00166. The third-order valence-corrected chi connectivity index (χ3v) is 3.09. The van der Waals surface area contributed by atoms with E-state index < -0.39 is 4.92 Å². The monoisotopic (exact) mass is 289 g/mol. The second-order valence-corrected chi connectivity index (χ2v) is 4.88. The van der Waals surface area contributed by atoms with Gasteiger partial charge in [0, 0.05) is 30.0 Å². The van der Waals surface area contributed by atoms with E-state index >= 15 is 0 Å². The molecule has 4 nitrogen and oxygen atoms in total. The van der Waals surface area contributed by atoms with E-state index in [1.165, 1.54) is 12.1 Å². The zero-order valence-electron chi connectivity index (χ0n) is 10.6. The Balaban J connectivity index is 2.02. The van der Waals surface area contributed by atoms with E-state index in [1.54, 1.807) is 36.4 Å². The quantitative estimate of drug-likeness (QED) is 0.624. The highest BCUT2D eigenvalue weighted by molar-refractivity contribution is 6.30. The molecule has 0 heterocycles. The molecule has 0 N–H and O–H groups in total. The first kappa shape index (κ1) is 14.2. The largest absolute Gasteiger partial charge is 0.299 e. The lowest BCUT2D eigenvalue weighted by Crippen LogP contribution is -2.06. The van der Waals surface area contributed by atoms with Gasteiger partial charge in [-0.2, -0.15) is 0 Å². The van der Waals surface area contributed by atoms with Gasteiger partial charge in [0.05, 0.1) is 4.92 Å². The molecule has 2 aromatic carbocycles. The second kappa shape index (κ2) is 6.30. The Bertz CT molecular complexity index is 638. The number of Topliss-reactive ketones (excluding diaryl/α,β-unsaturated/α-hetero) is 1. The highest BCUT2D eigenvalue weighted by Crippen LogP contribution is 2.15. The average molecular weight is 290 g/mol. The van der Waals surface area contributed by atoms with E-state index in [0.717, 1.165) is 5.56 Å². The van der Waals surface area contributed by atoms with Crippen molar-refractivity contribution in [1.29, 1.82) is 0 Å². The SMILES string of the molecule is O=C(Cc1ccc(Cl)cc1)Cc1cccc([N+](=O)[O-])c1. The van der Waals surface area contributed by atoms with Crippen LogP contribution in [0.1, 0.15) is 11.1 Å². The van der Waals surface area contributed by atoms with E-state index in [0.29, 0.717) is 17.0 Å². The molecule has 0 aromatic heterocycles. The maximum absolute atomic E-state index is 11.9. The van der Waals surface area contributed by atoms with Gasteiger partial charge in [0.2, 0.25) is 0 Å². The molecular formula is C15H12ClNO3. The van der Waals surface area contributed by atoms with Gasteiger partial charge in [-0.3, -0.25) is 14.9 Å². The lowest BCUT2D eigenvalue weighted by atomic mass is 10.0. The third-order valence-electron chi connectivity index (χ3n) is 2.84. The van der Waals surface area contributed by atoms with Crippen molar-refractivity contribution in [2.75, 3.05) is 0 Å². The summed E-state index contributed by atoms with van der Waals surface area (Å²) in [7, 11) is 0. The molecule has 0 aliphatic carbocycles. The summed E-state index contributed by atoms with van der Waals surface area (Å²) in [5.74, 6) is 0.00724. The van der Waals surface area contributed by atoms with E-state index in [4.69, 9.17) is 11.6 Å². The molecule has 2 rings (SSSR count). The predicted octanol–water partition coefficient (Wildman–Crippen LogP) is 3.60. The van der Waals surface area contributed by atoms with E-state index in [9.17, 15) is 14.9 Å². The van der Waals surface area contributed by atoms with Crippen molar-refractivity contribution in [3.63, 3.8) is 0 Å². The minimum atomic E-state index is -0.465. The van der Waals surface area contributed by atoms with Gasteiger partial charge in [0.25, 0.3) is 5.69 Å². The molecule has 0 radical (unpaired) electrons. The maximum Gasteiger partial charge on any atom is 0.269 e. The Hall–Kier alpha value is -2.20. The van der Waals surface area contributed by atoms with Crippen LogP contribution in [0.15, 0.2) is 48.5 Å². The molecule has 0 spiro atoms. The van der Waals surface area contributed by atoms with Crippen molar-refractivity contribution >= 4 is 23.1 Å². The van der Waals surface area contributed by atoms with Crippen molar-refractivity contribution in [1.82, 2.24) is 0 Å². The van der Waals surface area contributed by atoms with Gasteiger partial charge in [-0.1, -0.05) is 35.9 Å². The first-order valence-electron chi connectivity index (χ1n) is 6.04. The predicted molar refractivity (Wildman–Crippen MR) is 77.0 cm³/mol. The zero-order chi connectivity index (χ0) is 14.5. The molecule has 0 aliphatic heterocycles. The molecule has 0 saturated carbocycles. The highest BCUT2D eigenvalue weighted by Gasteiger charge is 2.09. The average Bonchev–Trinajstić information content (AvgIpc) is 2.41. The lowest BCUT2D eigenvalue weighted by Gasteiger charge is -2.02. The van der Waals surface area contributed by atoms with Gasteiger partial charge in [0.15, 0.2) is 0 Å². The number of non-ortho nitro benzene ring substituents is 1. The lowest BCUT2D eigenvalue weighted by molar-refractivity contribution is -0.384. The van der Waals surface area contributed by atoms with Gasteiger partial charge in [0.1, 0.15) is 5.78 Å². The Kier molecular flexibility index (Phi) is 4.48. The maximum atomic E-state index is 11.9. The number of hydrogen-bond acceptors (Lipinski definition) is 3. The smallest absolute Gasteiger partial charge is 0.269 e. The topological polar surface area (TPSA) is 60.2 Å². The Labute approximate surface area is 121 Å². The molecule has 0 bridgehead atoms. The van der Waals surface area contributed by atoms with Crippen molar-refractivity contribution < 1.29 is 9.72 Å². The Morgan fingerprint density at radius 1 is 1.05 bits per heavy atom. The molecule has 20 heavy (non-hydrogen) atoms. The van der Waals surface area contributed by atoms with Crippen LogP contribution in [0, 0.1) is 10.1 Å². The first-order valence-corrected chi connectivity index (χ1v) is 6.42. The molecule has 0 amide bonds. The van der Waals surface area contributed by atoms with Crippen LogP contribution >= 0.6 is 11.6 Å². The number of nitro benzene ring substituents is 1. The van der Waals surface area contributed by atoms with Crippen LogP contribution < -0.4 is 0 Å². The summed E-state index contributed by atoms with van der Waals surface area (Å²) in [6.45, 7) is 0. The van der Waals surface area contributed by atoms with Crippen molar-refractivity contribution in [2.24, 2.45) is 0 Å². The molecular weight excluding hydrogens is 278 g/mol. The van der Waals surface area contributed by atoms with Crippen LogP contribution in [0.25, 0.3) is 0 Å². The number of nitro groups is 1. The van der Waals surface area contributed by atoms with Crippen LogP contribution in [0.2, 0.25) is 5.02 Å². The van der Waals surface area contributed by atoms with Crippen LogP contribution in [-0.4, -0.2) is 10.7 Å². The fraction of sp³-hybridized carbons (Fsp3) is 0.133. The summed E-state index contributed by atoms with van der Waals surface area (Å²) in [6, 6.07) is 13.2. The number of carbonyl (C=O) groups is 1. The minimum Gasteiger partial charge on any atom is -0.299 e. The number of benzene rings is 2. The van der Waals surface area contributed by atoms with Gasteiger partial charge >= 0.3 is 0 Å². The molecule has 0 aliphatic rings. The van der Waals surface area contributed by atoms with Gasteiger partial charge in [-0.25, -0.2) is 0 Å². The standard InChI is InChI=1S/C15H12ClNO3/c16-13-6-4-11(5-7-13)9-15(18)10-12-2-1-3-14(8-12)17(19)20/h1-8H,9-10H2. The van der Waals surface area contributed by atoms with E-state index in [-0.39, 0.29) is 17.9 Å². The summed E-state index contributed by atoms with van der Waals surface area (Å²) in [6.07, 6.45) is 0.476. The fourth-order valence-electron chi connectivity index (χ4n) is 1.90. The second-order valence-electron chi connectivity index (χ2n) is 4.45. The number of rotatable bonds is 5. The van der Waals surface area contributed by atoms with Gasteiger partial charge < -0.3 is 0 Å². The summed E-state index contributed by atoms with van der Waals surface area (Å²) in [5, 5.41) is 11.3. The number of hydrogen-bond donors (Lipinski definition) is 0. The van der Waals surface area contributed by atoms with Crippen LogP contribution in [0.4, 0.5) is 5.69 Å². The van der Waals surface area contributed by atoms with Crippen LogP contribution in [0.3, 0.4) is 0 Å². The summed E-state index contributed by atoms with van der Waals surface area (Å²) in [5.41, 5.74) is 1.53. The fourth-order valence-corrected chi connectivity index (χ4v) is 2.03. The van der Waals surface area contributed by atoms with Gasteiger partial charge in [-0.05, 0) is 23.3 Å². The molecule has 0 unspecified atom stereocenters. The summed E-state index contributed by atoms with van der Waals surface area (Å²) < 4.78 is 0. The molecule has 0 atom stereocenters. The molecule has 0 saturated heterocycles. The normalized spacial score (nSPS) is 10.2. The number of nitrogens with zero attached hydrogens (tertiary/aromatic N) is 1. The Morgan fingerprint density at radius 2 is 1.70 bits per heavy atom. The number of ketones is 1. The van der Waals surface area contributed by atoms with Crippen LogP contribution in [-0.2, 0) is 17.6 Å². The highest BCUT2D eigenvalue weighted by atomic mass is 35.5. The zero-order valence-corrected chi connectivity index (χ0v) is 11.3. The molecule has 2 aromatic rings. The summed E-state index contributed by atoms with van der Waals surface area (Å²) in [4.78, 5) is 22.1. The molecule has 5 heteroatoms. The first-order chi connectivity index (χ1) is 9.54. The third kappa shape index (κ3) is 3.90. The van der Waals surface area contributed by atoms with Crippen molar-refractivity contribution in [2.45, 2.75) is 12.8 Å². The van der Waals surface area contributed by atoms with Crippen LogP contribution in [0.5, 0.6) is 0 Å². The summed E-state index contributed by atoms with van der Waals surface area (Å²) >= 11 is 5.78. The van der Waals surface area contributed by atoms with Crippen molar-refractivity contribution in [3.8, 4) is 0 Å². The molecule has 102 valence electrons. The van der Waals surface area contributed by atoms with E-state index in [2.05, 4.69) is 0 Å². The Morgan fingerprint density at radius 3 is 2.35 bits per heavy atom. The molecule has 0 fully saturated rings. The van der Waals surface area contributed by atoms with Gasteiger partial charge in [-0.15, -0.1) is 0 Å². The van der Waals surface area contributed by atoms with E-state index in [1.807, 2.05) is 0 Å². The number of halogens is 1.